The standard InChI is InChI=1S/C29H28F3N7O2/c30-29(31,32)21-11-9-19(10-12-21)16-39-24-25(34-14-13-18-5-4-6-18)36-23(15-33)37-26(24)38-27(39)28(41)35-22(17-40)20-7-2-1-3-8-20/h1-3,7-12,18,22,40H,4-6,13-14,16-17H2,(H,35,41)(H,34,36,37)/t22-/m0/s1. The maximum Gasteiger partial charge on any atom is 0.416 e. The second-order valence-electron chi connectivity index (χ2n) is 10.0. The summed E-state index contributed by atoms with van der Waals surface area (Å²) in [6.07, 6.45) is -0.0524. The van der Waals surface area contributed by atoms with Gasteiger partial charge >= 0.3 is 6.18 Å². The van der Waals surface area contributed by atoms with Crippen LogP contribution in [0.25, 0.3) is 11.2 Å². The van der Waals surface area contributed by atoms with E-state index in [4.69, 9.17) is 0 Å². The summed E-state index contributed by atoms with van der Waals surface area (Å²) >= 11 is 0. The molecule has 4 aromatic rings. The van der Waals surface area contributed by atoms with Crippen molar-refractivity contribution in [3.8, 4) is 6.07 Å². The van der Waals surface area contributed by atoms with E-state index in [0.717, 1.165) is 31.4 Å². The second-order valence-corrected chi connectivity index (χ2v) is 10.0. The summed E-state index contributed by atoms with van der Waals surface area (Å²) in [6.45, 7) is 0.190. The van der Waals surface area contributed by atoms with E-state index in [1.54, 1.807) is 24.3 Å². The van der Waals surface area contributed by atoms with Gasteiger partial charge < -0.3 is 20.3 Å². The first-order chi connectivity index (χ1) is 19.8. The number of carbonyl (C=O) groups is 1. The van der Waals surface area contributed by atoms with Gasteiger partial charge in [0.2, 0.25) is 11.6 Å². The first-order valence-electron chi connectivity index (χ1n) is 13.3. The van der Waals surface area contributed by atoms with Crippen LogP contribution in [0.4, 0.5) is 19.0 Å². The number of alkyl halides is 3. The fraction of sp³-hybridized carbons (Fsp3) is 0.345. The summed E-state index contributed by atoms with van der Waals surface area (Å²) in [4.78, 5) is 26.6. The van der Waals surface area contributed by atoms with Gasteiger partial charge in [0.1, 0.15) is 11.6 Å². The number of anilines is 1. The number of nitrogens with zero attached hydrogens (tertiary/aromatic N) is 5. The zero-order valence-corrected chi connectivity index (χ0v) is 22.0. The monoisotopic (exact) mass is 563 g/mol. The van der Waals surface area contributed by atoms with Crippen molar-refractivity contribution in [1.82, 2.24) is 24.8 Å². The first-order valence-corrected chi connectivity index (χ1v) is 13.3. The maximum atomic E-state index is 13.6. The molecule has 0 bridgehead atoms. The first kappa shape index (κ1) is 28.0. The van der Waals surface area contributed by atoms with Gasteiger partial charge in [0.05, 0.1) is 24.8 Å². The van der Waals surface area contributed by atoms with Crippen molar-refractivity contribution >= 4 is 22.9 Å². The van der Waals surface area contributed by atoms with Gasteiger partial charge in [-0.15, -0.1) is 0 Å². The summed E-state index contributed by atoms with van der Waals surface area (Å²) in [5, 5.41) is 25.6. The molecule has 9 nitrogen and oxygen atoms in total. The van der Waals surface area contributed by atoms with Crippen molar-refractivity contribution in [2.45, 2.75) is 44.4 Å². The van der Waals surface area contributed by atoms with E-state index in [-0.39, 0.29) is 30.4 Å². The third-order valence-electron chi connectivity index (χ3n) is 7.29. The smallest absolute Gasteiger partial charge is 0.394 e. The predicted molar refractivity (Wildman–Crippen MR) is 145 cm³/mol. The van der Waals surface area contributed by atoms with E-state index in [9.17, 15) is 28.3 Å². The number of aromatic nitrogens is 4. The minimum Gasteiger partial charge on any atom is -0.394 e. The summed E-state index contributed by atoms with van der Waals surface area (Å²) in [6, 6.07) is 14.7. The van der Waals surface area contributed by atoms with Crippen LogP contribution >= 0.6 is 0 Å². The predicted octanol–water partition coefficient (Wildman–Crippen LogP) is 4.83. The van der Waals surface area contributed by atoms with Gasteiger partial charge in [0.15, 0.2) is 11.5 Å². The molecular weight excluding hydrogens is 535 g/mol. The van der Waals surface area contributed by atoms with Crippen molar-refractivity contribution in [2.75, 3.05) is 18.5 Å². The quantitative estimate of drug-likeness (QED) is 0.252. The molecule has 212 valence electrons. The van der Waals surface area contributed by atoms with Gasteiger partial charge in [-0.3, -0.25) is 4.79 Å². The Balaban J connectivity index is 1.55. The summed E-state index contributed by atoms with van der Waals surface area (Å²) in [5.41, 5.74) is 0.822. The fourth-order valence-corrected chi connectivity index (χ4v) is 4.84. The number of fused-ring (bicyclic) bond motifs is 1. The molecule has 2 aromatic carbocycles. The minimum atomic E-state index is -4.49. The molecule has 1 saturated carbocycles. The molecule has 12 heteroatoms. The van der Waals surface area contributed by atoms with Crippen LogP contribution in [0.1, 0.15) is 64.9 Å². The van der Waals surface area contributed by atoms with Crippen molar-refractivity contribution in [1.29, 1.82) is 5.26 Å². The van der Waals surface area contributed by atoms with Crippen molar-refractivity contribution in [2.24, 2.45) is 5.92 Å². The molecule has 41 heavy (non-hydrogen) atoms. The summed E-state index contributed by atoms with van der Waals surface area (Å²) in [5.74, 6) is 0.0814. The Hall–Kier alpha value is -4.50. The molecule has 1 fully saturated rings. The van der Waals surface area contributed by atoms with Crippen LogP contribution in [-0.4, -0.2) is 43.7 Å². The molecule has 0 saturated heterocycles. The van der Waals surface area contributed by atoms with E-state index in [1.165, 1.54) is 23.1 Å². The molecule has 1 amide bonds. The van der Waals surface area contributed by atoms with Crippen LogP contribution in [0.3, 0.4) is 0 Å². The van der Waals surface area contributed by atoms with Gasteiger partial charge in [-0.1, -0.05) is 61.7 Å². The van der Waals surface area contributed by atoms with Crippen LogP contribution in [0.5, 0.6) is 0 Å². The zero-order valence-electron chi connectivity index (χ0n) is 22.0. The molecule has 5 rings (SSSR count). The van der Waals surface area contributed by atoms with Crippen LogP contribution in [0.15, 0.2) is 54.6 Å². The minimum absolute atomic E-state index is 0.0148. The lowest BCUT2D eigenvalue weighted by Gasteiger charge is -2.25. The van der Waals surface area contributed by atoms with E-state index < -0.39 is 23.7 Å². The number of rotatable bonds is 10. The highest BCUT2D eigenvalue weighted by Crippen LogP contribution is 2.31. The summed E-state index contributed by atoms with van der Waals surface area (Å²) < 4.78 is 41.0. The van der Waals surface area contributed by atoms with Crippen molar-refractivity contribution in [3.05, 3.63) is 82.9 Å². The number of hydrogen-bond donors (Lipinski definition) is 3. The van der Waals surface area contributed by atoms with Crippen LogP contribution in [0.2, 0.25) is 0 Å². The number of nitrogens with one attached hydrogen (secondary N) is 2. The van der Waals surface area contributed by atoms with E-state index >= 15 is 0 Å². The molecule has 1 atom stereocenters. The zero-order chi connectivity index (χ0) is 29.0. The lowest BCUT2D eigenvalue weighted by Crippen LogP contribution is -2.33. The average Bonchev–Trinajstić information content (AvgIpc) is 3.31. The molecule has 0 spiro atoms. The van der Waals surface area contributed by atoms with E-state index in [2.05, 4.69) is 25.6 Å². The number of halogens is 3. The molecule has 3 N–H and O–H groups in total. The van der Waals surface area contributed by atoms with E-state index in [1.807, 2.05) is 12.1 Å². The highest BCUT2D eigenvalue weighted by molar-refractivity contribution is 5.96. The molecular formula is C29H28F3N7O2. The van der Waals surface area contributed by atoms with Gasteiger partial charge in [0.25, 0.3) is 5.91 Å². The van der Waals surface area contributed by atoms with E-state index in [0.29, 0.717) is 34.9 Å². The molecule has 1 aliphatic carbocycles. The van der Waals surface area contributed by atoms with Crippen LogP contribution in [-0.2, 0) is 12.7 Å². The third-order valence-corrected chi connectivity index (χ3v) is 7.29. The van der Waals surface area contributed by atoms with Gasteiger partial charge in [-0.2, -0.15) is 28.4 Å². The number of hydrogen-bond acceptors (Lipinski definition) is 7. The molecule has 0 unspecified atom stereocenters. The third kappa shape index (κ3) is 6.30. The summed E-state index contributed by atoms with van der Waals surface area (Å²) in [7, 11) is 0. The number of carbonyl (C=O) groups excluding carboxylic acids is 1. The average molecular weight is 564 g/mol. The van der Waals surface area contributed by atoms with Gasteiger partial charge in [-0.05, 0) is 35.6 Å². The van der Waals surface area contributed by atoms with Crippen LogP contribution < -0.4 is 10.6 Å². The van der Waals surface area contributed by atoms with Crippen molar-refractivity contribution < 1.29 is 23.1 Å². The Bertz CT molecular complexity index is 1560. The number of amides is 1. The highest BCUT2D eigenvalue weighted by atomic mass is 19.4. The fourth-order valence-electron chi connectivity index (χ4n) is 4.84. The van der Waals surface area contributed by atoms with Gasteiger partial charge in [-0.25, -0.2) is 4.98 Å². The Kier molecular flexibility index (Phi) is 8.16. The van der Waals surface area contributed by atoms with Crippen molar-refractivity contribution in [3.63, 3.8) is 0 Å². The normalized spacial score (nSPS) is 14.3. The molecule has 0 radical (unpaired) electrons. The number of benzene rings is 2. The Labute approximate surface area is 234 Å². The highest BCUT2D eigenvalue weighted by Gasteiger charge is 2.30. The number of aliphatic hydroxyl groups is 1. The van der Waals surface area contributed by atoms with Gasteiger partial charge in [0, 0.05) is 6.54 Å². The number of nitriles is 1. The Morgan fingerprint density at radius 2 is 1.83 bits per heavy atom. The number of imidazole rings is 1. The molecule has 0 aliphatic heterocycles. The SMILES string of the molecule is N#Cc1nc(NCCC2CCC2)c2c(n1)nc(C(=O)N[C@@H](CO)c1ccccc1)n2Cc1ccc(C(F)(F)F)cc1. The molecule has 1 aliphatic rings. The number of aliphatic hydroxyl groups excluding tert-OH is 1. The van der Waals surface area contributed by atoms with Crippen LogP contribution in [0, 0.1) is 17.2 Å². The largest absolute Gasteiger partial charge is 0.416 e. The lowest BCUT2D eigenvalue weighted by atomic mass is 9.83. The topological polar surface area (TPSA) is 129 Å². The molecule has 2 heterocycles. The second kappa shape index (κ2) is 11.9. The Morgan fingerprint density at radius 1 is 1.10 bits per heavy atom. The maximum absolute atomic E-state index is 13.6. The lowest BCUT2D eigenvalue weighted by molar-refractivity contribution is -0.137. The Morgan fingerprint density at radius 3 is 2.44 bits per heavy atom. The molecule has 2 aromatic heterocycles.